The molecule has 0 aliphatic rings. The van der Waals surface area contributed by atoms with Crippen LogP contribution in [0.4, 0.5) is 0 Å². The molecule has 0 fully saturated rings. The molecule has 3 N–H and O–H groups in total. The Morgan fingerprint density at radius 3 is 1.39 bits per heavy atom. The summed E-state index contributed by atoms with van der Waals surface area (Å²) >= 11 is 0. The Labute approximate surface area is 203 Å². The van der Waals surface area contributed by atoms with E-state index < -0.39 is 0 Å². The zero-order valence-electron chi connectivity index (χ0n) is 21.2. The minimum Gasteiger partial charge on any atom is -0.330 e. The molecule has 2 aromatic rings. The number of rotatable bonds is 22. The van der Waals surface area contributed by atoms with E-state index in [1.54, 1.807) is 0 Å². The van der Waals surface area contributed by atoms with E-state index >= 15 is 0 Å². The second kappa shape index (κ2) is 19.8. The first-order chi connectivity index (χ1) is 16.4. The van der Waals surface area contributed by atoms with E-state index in [9.17, 15) is 0 Å². The van der Waals surface area contributed by atoms with Crippen LogP contribution in [0.1, 0.15) is 126 Å². The Hall–Kier alpha value is -1.68. The smallest absolute Gasteiger partial charge is 0.0856 e. The van der Waals surface area contributed by atoms with Crippen molar-refractivity contribution in [1.29, 1.82) is 0 Å². The van der Waals surface area contributed by atoms with E-state index in [4.69, 9.17) is 5.73 Å². The summed E-state index contributed by atoms with van der Waals surface area (Å²) in [6.45, 7) is 0.861. The number of aromatic nitrogens is 3. The molecule has 2 rings (SSSR count). The molecule has 1 aromatic carbocycles. The SMILES string of the molecule is NCCCCCCCCCCCCCCCCCCc1n[nH]nc1CCCc1ccccc1. The molecule has 1 aromatic heterocycles. The monoisotopic (exact) mass is 454 g/mol. The van der Waals surface area contributed by atoms with Gasteiger partial charge < -0.3 is 5.73 Å². The first-order valence-electron chi connectivity index (χ1n) is 14.0. The van der Waals surface area contributed by atoms with Crippen molar-refractivity contribution >= 4 is 0 Å². The lowest BCUT2D eigenvalue weighted by atomic mass is 10.0. The number of aromatic amines is 1. The van der Waals surface area contributed by atoms with E-state index in [1.165, 1.54) is 120 Å². The Kier molecular flexibility index (Phi) is 16.5. The molecule has 0 saturated heterocycles. The van der Waals surface area contributed by atoms with Crippen LogP contribution in [0.2, 0.25) is 0 Å². The normalized spacial score (nSPS) is 11.3. The Bertz CT molecular complexity index is 667. The van der Waals surface area contributed by atoms with E-state index in [0.717, 1.165) is 32.2 Å². The van der Waals surface area contributed by atoms with Crippen LogP contribution in [0.15, 0.2) is 30.3 Å². The predicted octanol–water partition coefficient (Wildman–Crippen LogP) is 7.72. The largest absolute Gasteiger partial charge is 0.330 e. The summed E-state index contributed by atoms with van der Waals surface area (Å²) in [5.41, 5.74) is 9.32. The van der Waals surface area contributed by atoms with Gasteiger partial charge in [0.05, 0.1) is 11.4 Å². The van der Waals surface area contributed by atoms with Gasteiger partial charge in [-0.1, -0.05) is 120 Å². The van der Waals surface area contributed by atoms with Crippen molar-refractivity contribution in [2.75, 3.05) is 6.54 Å². The molecule has 4 nitrogen and oxygen atoms in total. The van der Waals surface area contributed by atoms with Gasteiger partial charge in [0.1, 0.15) is 0 Å². The van der Waals surface area contributed by atoms with E-state index in [-0.39, 0.29) is 0 Å². The second-order valence-corrected chi connectivity index (χ2v) is 9.75. The molecule has 0 amide bonds. The van der Waals surface area contributed by atoms with E-state index in [0.29, 0.717) is 0 Å². The maximum Gasteiger partial charge on any atom is 0.0856 e. The average Bonchev–Trinajstić information content (AvgIpc) is 3.29. The molecule has 0 radical (unpaired) electrons. The summed E-state index contributed by atoms with van der Waals surface area (Å²) in [6.07, 6.45) is 26.4. The molecule has 0 spiro atoms. The molecule has 0 aliphatic heterocycles. The van der Waals surface area contributed by atoms with Gasteiger partial charge in [-0.15, -0.1) is 0 Å². The number of unbranched alkanes of at least 4 members (excludes halogenated alkanes) is 15. The van der Waals surface area contributed by atoms with Gasteiger partial charge in [0.25, 0.3) is 0 Å². The number of hydrogen-bond donors (Lipinski definition) is 2. The fourth-order valence-corrected chi connectivity index (χ4v) is 4.69. The van der Waals surface area contributed by atoms with Crippen molar-refractivity contribution in [3.05, 3.63) is 47.3 Å². The van der Waals surface area contributed by atoms with E-state index in [1.807, 2.05) is 0 Å². The number of hydrogen-bond acceptors (Lipinski definition) is 3. The third-order valence-corrected chi connectivity index (χ3v) is 6.79. The highest BCUT2D eigenvalue weighted by Crippen LogP contribution is 2.15. The van der Waals surface area contributed by atoms with Crippen molar-refractivity contribution in [2.45, 2.75) is 128 Å². The van der Waals surface area contributed by atoms with Crippen LogP contribution < -0.4 is 5.73 Å². The summed E-state index contributed by atoms with van der Waals surface area (Å²) in [5, 5.41) is 11.7. The molecule has 0 saturated carbocycles. The van der Waals surface area contributed by atoms with E-state index in [2.05, 4.69) is 45.7 Å². The number of H-pyrrole nitrogens is 1. The third kappa shape index (κ3) is 14.2. The summed E-state index contributed by atoms with van der Waals surface area (Å²) in [5.74, 6) is 0. The first kappa shape index (κ1) is 27.6. The molecule has 4 heteroatoms. The van der Waals surface area contributed by atoms with Gasteiger partial charge in [0.15, 0.2) is 0 Å². The molecular weight excluding hydrogens is 404 g/mol. The van der Waals surface area contributed by atoms with Gasteiger partial charge in [-0.3, -0.25) is 0 Å². The Balaban J connectivity index is 1.35. The van der Waals surface area contributed by atoms with Crippen LogP contribution >= 0.6 is 0 Å². The number of nitrogens with two attached hydrogens (primary N) is 1. The fraction of sp³-hybridized carbons (Fsp3) is 0.724. The van der Waals surface area contributed by atoms with Crippen molar-refractivity contribution in [3.63, 3.8) is 0 Å². The molecule has 1 heterocycles. The fourth-order valence-electron chi connectivity index (χ4n) is 4.69. The minimum absolute atomic E-state index is 0.861. The average molecular weight is 455 g/mol. The minimum atomic E-state index is 0.861. The summed E-state index contributed by atoms with van der Waals surface area (Å²) in [7, 11) is 0. The zero-order valence-corrected chi connectivity index (χ0v) is 21.2. The highest BCUT2D eigenvalue weighted by molar-refractivity contribution is 5.15. The predicted molar refractivity (Wildman–Crippen MR) is 141 cm³/mol. The lowest BCUT2D eigenvalue weighted by Gasteiger charge is -2.04. The maximum atomic E-state index is 5.53. The Morgan fingerprint density at radius 1 is 0.485 bits per heavy atom. The molecule has 0 aliphatic carbocycles. The van der Waals surface area contributed by atoms with Crippen molar-refractivity contribution in [2.24, 2.45) is 5.73 Å². The highest BCUT2D eigenvalue weighted by Gasteiger charge is 2.07. The molecule has 186 valence electrons. The van der Waals surface area contributed by atoms with Crippen LogP contribution in [-0.2, 0) is 19.3 Å². The molecule has 0 bridgehead atoms. The van der Waals surface area contributed by atoms with Gasteiger partial charge in [0, 0.05) is 0 Å². The van der Waals surface area contributed by atoms with Crippen LogP contribution in [0, 0.1) is 0 Å². The highest BCUT2D eigenvalue weighted by atomic mass is 15.3. The summed E-state index contributed by atoms with van der Waals surface area (Å²) < 4.78 is 0. The lowest BCUT2D eigenvalue weighted by Crippen LogP contribution is -1.97. The van der Waals surface area contributed by atoms with Gasteiger partial charge >= 0.3 is 0 Å². The van der Waals surface area contributed by atoms with Gasteiger partial charge in [-0.05, 0) is 50.6 Å². The number of nitrogens with one attached hydrogen (secondary N) is 1. The summed E-state index contributed by atoms with van der Waals surface area (Å²) in [4.78, 5) is 0. The van der Waals surface area contributed by atoms with Gasteiger partial charge in [-0.25, -0.2) is 0 Å². The molecular formula is C29H50N4. The first-order valence-corrected chi connectivity index (χ1v) is 14.0. The second-order valence-electron chi connectivity index (χ2n) is 9.75. The Morgan fingerprint density at radius 2 is 0.909 bits per heavy atom. The van der Waals surface area contributed by atoms with Crippen molar-refractivity contribution < 1.29 is 0 Å². The van der Waals surface area contributed by atoms with Crippen LogP contribution in [0.25, 0.3) is 0 Å². The van der Waals surface area contributed by atoms with Crippen molar-refractivity contribution in [3.8, 4) is 0 Å². The standard InChI is InChI=1S/C29H50N4/c30-26-19-14-12-10-8-6-4-2-1-3-5-7-9-11-13-18-24-28-29(32-33-31-28)25-20-23-27-21-16-15-17-22-27/h15-17,21-22H,1-14,18-20,23-26,30H2,(H,31,32,33). The number of benzene rings is 1. The molecule has 0 unspecified atom stereocenters. The zero-order chi connectivity index (χ0) is 23.2. The summed E-state index contributed by atoms with van der Waals surface area (Å²) in [6, 6.07) is 10.7. The van der Waals surface area contributed by atoms with Crippen LogP contribution in [0.5, 0.6) is 0 Å². The van der Waals surface area contributed by atoms with Gasteiger partial charge in [0.2, 0.25) is 0 Å². The van der Waals surface area contributed by atoms with Crippen LogP contribution in [-0.4, -0.2) is 22.0 Å². The van der Waals surface area contributed by atoms with Crippen LogP contribution in [0.3, 0.4) is 0 Å². The quantitative estimate of drug-likeness (QED) is 0.179. The number of aryl methyl sites for hydroxylation is 3. The molecule has 0 atom stereocenters. The number of nitrogens with zero attached hydrogens (tertiary/aromatic N) is 2. The molecule has 33 heavy (non-hydrogen) atoms. The third-order valence-electron chi connectivity index (χ3n) is 6.79. The van der Waals surface area contributed by atoms with Gasteiger partial charge in [-0.2, -0.15) is 15.4 Å². The topological polar surface area (TPSA) is 67.6 Å². The van der Waals surface area contributed by atoms with Crippen molar-refractivity contribution in [1.82, 2.24) is 15.4 Å². The lowest BCUT2D eigenvalue weighted by molar-refractivity contribution is 0.528. The maximum absolute atomic E-state index is 5.53.